The molecule has 4 nitrogen and oxygen atoms in total. The summed E-state index contributed by atoms with van der Waals surface area (Å²) in [5, 5.41) is 0. The molecule has 1 unspecified atom stereocenters. The molecule has 0 radical (unpaired) electrons. The van der Waals surface area contributed by atoms with E-state index in [0.717, 1.165) is 6.42 Å². The maximum atomic E-state index is 10.6. The van der Waals surface area contributed by atoms with Crippen molar-refractivity contribution in [1.82, 2.24) is 0 Å². The smallest absolute Gasteiger partial charge is 0.265 e. The second kappa shape index (κ2) is 9.04. The van der Waals surface area contributed by atoms with Crippen molar-refractivity contribution in [3.8, 4) is 0 Å². The summed E-state index contributed by atoms with van der Waals surface area (Å²) in [5.41, 5.74) is 1.20. The lowest BCUT2D eigenvalue weighted by atomic mass is 10.0. The highest BCUT2D eigenvalue weighted by atomic mass is 32.2. The summed E-state index contributed by atoms with van der Waals surface area (Å²) in [4.78, 5) is 0. The highest BCUT2D eigenvalue weighted by Crippen LogP contribution is 2.13. The molecule has 0 spiro atoms. The number of aromatic nitrogens is 1. The summed E-state index contributed by atoms with van der Waals surface area (Å²) in [6, 6.07) is 5.97. The largest absolute Gasteiger partial charge is 0.286 e. The summed E-state index contributed by atoms with van der Waals surface area (Å²) in [6.07, 6.45) is 3.42. The Labute approximate surface area is 118 Å². The molecule has 1 heterocycles. The third-order valence-corrected chi connectivity index (χ3v) is 3.70. The molecule has 0 aliphatic rings. The van der Waals surface area contributed by atoms with Crippen LogP contribution in [-0.2, 0) is 16.7 Å². The van der Waals surface area contributed by atoms with Gasteiger partial charge in [0.25, 0.3) is 10.1 Å². The molecule has 1 N–H and O–H groups in total. The zero-order chi connectivity index (χ0) is 12.9. The van der Waals surface area contributed by atoms with Gasteiger partial charge in [0.15, 0.2) is 11.9 Å². The Kier molecular flexibility index (Phi) is 9.70. The standard InChI is InChI=1S/C12H19NO3S.2CH4/c1-3-11(2)12-7-4-5-8-13(12)9-6-10-17(14,15)16;;/h4-5,7-8,11H,3,6,9-10H2,1-2H3;2*1H4/p+1. The molecule has 112 valence electrons. The zero-order valence-corrected chi connectivity index (χ0v) is 11.2. The van der Waals surface area contributed by atoms with Gasteiger partial charge in [0.05, 0.1) is 5.75 Å². The van der Waals surface area contributed by atoms with Crippen LogP contribution in [0.1, 0.15) is 53.2 Å². The lowest BCUT2D eigenvalue weighted by molar-refractivity contribution is -0.705. The minimum absolute atomic E-state index is 0. The van der Waals surface area contributed by atoms with Gasteiger partial charge in [-0.15, -0.1) is 0 Å². The molecule has 0 aliphatic carbocycles. The third kappa shape index (κ3) is 7.28. The van der Waals surface area contributed by atoms with E-state index in [-0.39, 0.29) is 20.6 Å². The van der Waals surface area contributed by atoms with E-state index in [9.17, 15) is 8.42 Å². The quantitative estimate of drug-likeness (QED) is 0.647. The topological polar surface area (TPSA) is 58.2 Å². The zero-order valence-electron chi connectivity index (χ0n) is 10.3. The maximum absolute atomic E-state index is 10.6. The van der Waals surface area contributed by atoms with Crippen molar-refractivity contribution in [2.24, 2.45) is 0 Å². The number of hydrogen-bond donors (Lipinski definition) is 1. The molecular weight excluding hydrogens is 262 g/mol. The van der Waals surface area contributed by atoms with Gasteiger partial charge in [0, 0.05) is 24.5 Å². The van der Waals surface area contributed by atoms with Crippen molar-refractivity contribution in [3.63, 3.8) is 0 Å². The monoisotopic (exact) mass is 290 g/mol. The number of nitrogens with zero attached hydrogens (tertiary/aromatic N) is 1. The van der Waals surface area contributed by atoms with Gasteiger partial charge in [-0.25, -0.2) is 4.57 Å². The highest BCUT2D eigenvalue weighted by Gasteiger charge is 2.16. The first-order chi connectivity index (χ1) is 7.94. The van der Waals surface area contributed by atoms with Crippen LogP contribution in [0, 0.1) is 0 Å². The van der Waals surface area contributed by atoms with Crippen LogP contribution in [0.25, 0.3) is 0 Å². The number of pyridine rings is 1. The van der Waals surface area contributed by atoms with Crippen molar-refractivity contribution in [2.75, 3.05) is 5.75 Å². The third-order valence-electron chi connectivity index (χ3n) is 2.89. The van der Waals surface area contributed by atoms with Crippen molar-refractivity contribution in [1.29, 1.82) is 0 Å². The molecule has 0 aliphatic heterocycles. The number of aryl methyl sites for hydroxylation is 1. The molecule has 0 amide bonds. The van der Waals surface area contributed by atoms with E-state index < -0.39 is 10.1 Å². The molecule has 1 aromatic heterocycles. The summed E-state index contributed by atoms with van der Waals surface area (Å²) >= 11 is 0. The second-order valence-electron chi connectivity index (χ2n) is 4.27. The van der Waals surface area contributed by atoms with Crippen molar-refractivity contribution in [3.05, 3.63) is 30.1 Å². The van der Waals surface area contributed by atoms with Gasteiger partial charge in [-0.2, -0.15) is 8.42 Å². The van der Waals surface area contributed by atoms with Crippen LogP contribution in [0.15, 0.2) is 24.4 Å². The second-order valence-corrected chi connectivity index (χ2v) is 5.84. The van der Waals surface area contributed by atoms with Crippen molar-refractivity contribution < 1.29 is 17.5 Å². The fraction of sp³-hybridized carbons (Fsp3) is 0.643. The maximum Gasteiger partial charge on any atom is 0.265 e. The van der Waals surface area contributed by atoms with Crippen LogP contribution in [0.2, 0.25) is 0 Å². The van der Waals surface area contributed by atoms with Crippen LogP contribution < -0.4 is 4.57 Å². The van der Waals surface area contributed by atoms with E-state index in [1.807, 2.05) is 18.3 Å². The Bertz CT molecular complexity index is 458. The Morgan fingerprint density at radius 3 is 2.47 bits per heavy atom. The molecule has 0 saturated carbocycles. The Balaban J connectivity index is 0. The molecule has 1 atom stereocenters. The molecule has 0 fully saturated rings. The molecule has 0 aromatic carbocycles. The van der Waals surface area contributed by atoms with Crippen LogP contribution in [0.3, 0.4) is 0 Å². The molecule has 1 rings (SSSR count). The van der Waals surface area contributed by atoms with Crippen molar-refractivity contribution in [2.45, 2.75) is 54.0 Å². The summed E-state index contributed by atoms with van der Waals surface area (Å²) < 4.78 is 32.0. The lowest BCUT2D eigenvalue weighted by Crippen LogP contribution is -2.39. The van der Waals surface area contributed by atoms with E-state index >= 15 is 0 Å². The Hall–Kier alpha value is -0.940. The Morgan fingerprint density at radius 2 is 1.95 bits per heavy atom. The van der Waals surface area contributed by atoms with Crippen LogP contribution in [0.4, 0.5) is 0 Å². The summed E-state index contributed by atoms with van der Waals surface area (Å²) in [5.74, 6) is 0.261. The first-order valence-corrected chi connectivity index (χ1v) is 7.48. The van der Waals surface area contributed by atoms with E-state index in [1.54, 1.807) is 0 Å². The van der Waals surface area contributed by atoms with Crippen LogP contribution in [-0.4, -0.2) is 18.7 Å². The average molecular weight is 290 g/mol. The minimum Gasteiger partial charge on any atom is -0.286 e. The van der Waals surface area contributed by atoms with Gasteiger partial charge in [-0.3, -0.25) is 4.55 Å². The van der Waals surface area contributed by atoms with Gasteiger partial charge in [-0.1, -0.05) is 34.8 Å². The minimum atomic E-state index is -3.85. The molecule has 19 heavy (non-hydrogen) atoms. The fourth-order valence-corrected chi connectivity index (χ4v) is 2.26. The van der Waals surface area contributed by atoms with Gasteiger partial charge >= 0.3 is 0 Å². The highest BCUT2D eigenvalue weighted by molar-refractivity contribution is 7.85. The first kappa shape index (κ1) is 20.4. The number of hydrogen-bond acceptors (Lipinski definition) is 2. The first-order valence-electron chi connectivity index (χ1n) is 5.87. The van der Waals surface area contributed by atoms with Crippen LogP contribution >= 0.6 is 0 Å². The average Bonchev–Trinajstić information content (AvgIpc) is 2.27. The van der Waals surface area contributed by atoms with E-state index in [1.165, 1.54) is 5.69 Å². The fourth-order valence-electron chi connectivity index (χ4n) is 1.77. The lowest BCUT2D eigenvalue weighted by Gasteiger charge is -2.08. The normalized spacial score (nSPS) is 12.2. The number of rotatable bonds is 6. The molecule has 0 saturated heterocycles. The predicted octanol–water partition coefficient (Wildman–Crippen LogP) is 3.04. The van der Waals surface area contributed by atoms with Gasteiger partial charge in [-0.05, 0) is 6.42 Å². The van der Waals surface area contributed by atoms with Gasteiger partial charge in [0.1, 0.15) is 6.54 Å². The van der Waals surface area contributed by atoms with Crippen molar-refractivity contribution >= 4 is 10.1 Å². The predicted molar refractivity (Wildman–Crippen MR) is 79.8 cm³/mol. The Morgan fingerprint density at radius 1 is 1.32 bits per heavy atom. The SMILES string of the molecule is C.C.CCC(C)c1cccc[n+]1CCCS(=O)(=O)O. The summed E-state index contributed by atoms with van der Waals surface area (Å²) in [6.45, 7) is 4.88. The molecule has 5 heteroatoms. The van der Waals surface area contributed by atoms with E-state index in [2.05, 4.69) is 24.5 Å². The van der Waals surface area contributed by atoms with Gasteiger partial charge < -0.3 is 0 Å². The molecule has 0 bridgehead atoms. The van der Waals surface area contributed by atoms with Gasteiger partial charge in [0.2, 0.25) is 0 Å². The molecular formula is C14H28NO3S+. The summed E-state index contributed by atoms with van der Waals surface area (Å²) in [7, 11) is -3.85. The van der Waals surface area contributed by atoms with E-state index in [0.29, 0.717) is 18.9 Å². The van der Waals surface area contributed by atoms with Crippen LogP contribution in [0.5, 0.6) is 0 Å². The van der Waals surface area contributed by atoms with E-state index in [4.69, 9.17) is 4.55 Å². The molecule has 1 aromatic rings.